The predicted octanol–water partition coefficient (Wildman–Crippen LogP) is 3.69. The standard InChI is InChI=1S/C18H24N4OS/c1-3-14-8-10-15(11-9-14)19-17(23)13(2)24-18-21-20-16-7-5-4-6-12-22(16)18/h8-11,13H,3-7,12H2,1-2H3,(H,19,23)/t13-/m1/s1. The van der Waals surface area contributed by atoms with Gasteiger partial charge in [-0.1, -0.05) is 37.2 Å². The average Bonchev–Trinajstić information content (AvgIpc) is 2.82. The summed E-state index contributed by atoms with van der Waals surface area (Å²) in [6.45, 7) is 4.99. The number of amides is 1. The van der Waals surface area contributed by atoms with Crippen LogP contribution in [0, 0.1) is 0 Å². The second-order valence-corrected chi connectivity index (χ2v) is 7.47. The summed E-state index contributed by atoms with van der Waals surface area (Å²) < 4.78 is 2.18. The molecule has 2 heterocycles. The van der Waals surface area contributed by atoms with E-state index in [1.807, 2.05) is 31.2 Å². The van der Waals surface area contributed by atoms with Crippen LogP contribution in [0.4, 0.5) is 5.69 Å². The molecule has 3 rings (SSSR count). The molecule has 128 valence electrons. The van der Waals surface area contributed by atoms with Gasteiger partial charge in [0.1, 0.15) is 5.82 Å². The van der Waals surface area contributed by atoms with E-state index >= 15 is 0 Å². The molecule has 0 bridgehead atoms. The van der Waals surface area contributed by atoms with Crippen LogP contribution in [0.25, 0.3) is 0 Å². The second kappa shape index (κ2) is 7.83. The molecule has 5 nitrogen and oxygen atoms in total. The van der Waals surface area contributed by atoms with Crippen LogP contribution >= 0.6 is 11.8 Å². The molecule has 6 heteroatoms. The van der Waals surface area contributed by atoms with E-state index in [9.17, 15) is 4.79 Å². The number of thioether (sulfide) groups is 1. The van der Waals surface area contributed by atoms with Crippen LogP contribution in [0.1, 0.15) is 44.5 Å². The Morgan fingerprint density at radius 3 is 2.79 bits per heavy atom. The van der Waals surface area contributed by atoms with E-state index in [-0.39, 0.29) is 11.2 Å². The molecular formula is C18H24N4OS. The molecule has 1 N–H and O–H groups in total. The monoisotopic (exact) mass is 344 g/mol. The van der Waals surface area contributed by atoms with E-state index in [0.29, 0.717) is 0 Å². The largest absolute Gasteiger partial charge is 0.325 e. The molecule has 1 aromatic heterocycles. The van der Waals surface area contributed by atoms with Gasteiger partial charge in [0.05, 0.1) is 5.25 Å². The maximum absolute atomic E-state index is 12.4. The minimum Gasteiger partial charge on any atom is -0.325 e. The molecule has 1 atom stereocenters. The van der Waals surface area contributed by atoms with E-state index in [2.05, 4.69) is 27.0 Å². The van der Waals surface area contributed by atoms with Crippen molar-refractivity contribution in [3.05, 3.63) is 35.7 Å². The van der Waals surface area contributed by atoms with Gasteiger partial charge in [0, 0.05) is 18.7 Å². The van der Waals surface area contributed by atoms with Crippen molar-refractivity contribution < 1.29 is 4.79 Å². The number of carbonyl (C=O) groups excluding carboxylic acids is 1. The van der Waals surface area contributed by atoms with E-state index in [1.54, 1.807) is 0 Å². The zero-order chi connectivity index (χ0) is 16.9. The third-order valence-electron chi connectivity index (χ3n) is 4.36. The smallest absolute Gasteiger partial charge is 0.237 e. The molecule has 0 spiro atoms. The van der Waals surface area contributed by atoms with Gasteiger partial charge in [-0.25, -0.2) is 0 Å². The summed E-state index contributed by atoms with van der Waals surface area (Å²) in [4.78, 5) is 12.4. The van der Waals surface area contributed by atoms with Crippen LogP contribution in [0.2, 0.25) is 0 Å². The molecule has 0 fully saturated rings. The number of hydrogen-bond donors (Lipinski definition) is 1. The van der Waals surface area contributed by atoms with Crippen molar-refractivity contribution in [1.29, 1.82) is 0 Å². The van der Waals surface area contributed by atoms with Gasteiger partial charge in [-0.15, -0.1) is 10.2 Å². The molecule has 0 saturated heterocycles. The fraction of sp³-hybridized carbons (Fsp3) is 0.500. The van der Waals surface area contributed by atoms with Gasteiger partial charge < -0.3 is 9.88 Å². The lowest BCUT2D eigenvalue weighted by Gasteiger charge is -2.13. The van der Waals surface area contributed by atoms with E-state index in [4.69, 9.17) is 0 Å². The van der Waals surface area contributed by atoms with Crippen LogP contribution < -0.4 is 5.32 Å². The molecule has 1 aliphatic heterocycles. The minimum atomic E-state index is -0.215. The minimum absolute atomic E-state index is 0.00443. The summed E-state index contributed by atoms with van der Waals surface area (Å²) >= 11 is 1.49. The molecule has 1 aliphatic rings. The number of fused-ring (bicyclic) bond motifs is 1. The van der Waals surface area contributed by atoms with E-state index in [0.717, 1.165) is 42.5 Å². The molecular weight excluding hydrogens is 320 g/mol. The maximum atomic E-state index is 12.4. The van der Waals surface area contributed by atoms with Crippen molar-refractivity contribution in [1.82, 2.24) is 14.8 Å². The van der Waals surface area contributed by atoms with Gasteiger partial charge in [0.2, 0.25) is 5.91 Å². The number of nitrogens with zero attached hydrogens (tertiary/aromatic N) is 3. The molecule has 2 aromatic rings. The third-order valence-corrected chi connectivity index (χ3v) is 5.44. The van der Waals surface area contributed by atoms with Crippen molar-refractivity contribution in [2.24, 2.45) is 0 Å². The number of nitrogens with one attached hydrogen (secondary N) is 1. The van der Waals surface area contributed by atoms with Gasteiger partial charge in [0.15, 0.2) is 5.16 Å². The summed E-state index contributed by atoms with van der Waals surface area (Å²) in [5.74, 6) is 1.05. The Balaban J connectivity index is 1.62. The van der Waals surface area contributed by atoms with Crippen LogP contribution in [0.15, 0.2) is 29.4 Å². The topological polar surface area (TPSA) is 59.8 Å². The average molecular weight is 344 g/mol. The summed E-state index contributed by atoms with van der Waals surface area (Å²) in [6.07, 6.45) is 5.54. The highest BCUT2D eigenvalue weighted by Crippen LogP contribution is 2.26. The number of rotatable bonds is 5. The number of benzene rings is 1. The van der Waals surface area contributed by atoms with Gasteiger partial charge in [0.25, 0.3) is 0 Å². The number of aryl methyl sites for hydroxylation is 2. The predicted molar refractivity (Wildman–Crippen MR) is 97.3 cm³/mol. The van der Waals surface area contributed by atoms with Crippen molar-refractivity contribution >= 4 is 23.4 Å². The van der Waals surface area contributed by atoms with Crippen LogP contribution in [-0.4, -0.2) is 25.9 Å². The molecule has 1 amide bonds. The Bertz CT molecular complexity index is 696. The Morgan fingerprint density at radius 2 is 2.04 bits per heavy atom. The SMILES string of the molecule is CCc1ccc(NC(=O)[C@@H](C)Sc2nnc3n2CCCCC3)cc1. The molecule has 1 aromatic carbocycles. The number of carbonyl (C=O) groups is 1. The van der Waals surface area contributed by atoms with Gasteiger partial charge in [-0.2, -0.15) is 0 Å². The first-order valence-electron chi connectivity index (χ1n) is 8.66. The zero-order valence-electron chi connectivity index (χ0n) is 14.3. The summed E-state index contributed by atoms with van der Waals surface area (Å²) in [5, 5.41) is 12.2. The van der Waals surface area contributed by atoms with Crippen LogP contribution in [0.5, 0.6) is 0 Å². The van der Waals surface area contributed by atoms with Gasteiger partial charge >= 0.3 is 0 Å². The van der Waals surface area contributed by atoms with Crippen molar-refractivity contribution in [3.63, 3.8) is 0 Å². The number of aromatic nitrogens is 3. The van der Waals surface area contributed by atoms with Crippen molar-refractivity contribution in [2.75, 3.05) is 5.32 Å². The molecule has 24 heavy (non-hydrogen) atoms. The van der Waals surface area contributed by atoms with Gasteiger partial charge in [-0.3, -0.25) is 4.79 Å². The first-order valence-corrected chi connectivity index (χ1v) is 9.54. The van der Waals surface area contributed by atoms with Crippen molar-refractivity contribution in [2.45, 2.75) is 62.9 Å². The lowest BCUT2D eigenvalue weighted by Crippen LogP contribution is -2.23. The summed E-state index contributed by atoms with van der Waals surface area (Å²) in [7, 11) is 0. The zero-order valence-corrected chi connectivity index (χ0v) is 15.1. The van der Waals surface area contributed by atoms with Crippen molar-refractivity contribution in [3.8, 4) is 0 Å². The van der Waals surface area contributed by atoms with E-state index < -0.39 is 0 Å². The van der Waals surface area contributed by atoms with Gasteiger partial charge in [-0.05, 0) is 43.9 Å². The second-order valence-electron chi connectivity index (χ2n) is 6.16. The summed E-state index contributed by atoms with van der Waals surface area (Å²) in [6, 6.07) is 8.01. The Kier molecular flexibility index (Phi) is 5.56. The third kappa shape index (κ3) is 3.98. The first-order chi connectivity index (χ1) is 11.7. The molecule has 0 saturated carbocycles. The highest BCUT2D eigenvalue weighted by molar-refractivity contribution is 8.00. The molecule has 0 radical (unpaired) electrons. The normalized spacial score (nSPS) is 15.4. The molecule has 0 unspecified atom stereocenters. The Hall–Kier alpha value is -1.82. The first kappa shape index (κ1) is 17.0. The number of hydrogen-bond acceptors (Lipinski definition) is 4. The fourth-order valence-corrected chi connectivity index (χ4v) is 3.72. The highest BCUT2D eigenvalue weighted by atomic mass is 32.2. The highest BCUT2D eigenvalue weighted by Gasteiger charge is 2.21. The Labute approximate surface area is 147 Å². The van der Waals surface area contributed by atoms with Crippen LogP contribution in [-0.2, 0) is 24.2 Å². The fourth-order valence-electron chi connectivity index (χ4n) is 2.82. The van der Waals surface area contributed by atoms with E-state index in [1.165, 1.54) is 30.2 Å². The maximum Gasteiger partial charge on any atom is 0.237 e. The number of anilines is 1. The lowest BCUT2D eigenvalue weighted by atomic mass is 10.1. The lowest BCUT2D eigenvalue weighted by molar-refractivity contribution is -0.115. The summed E-state index contributed by atoms with van der Waals surface area (Å²) in [5.41, 5.74) is 2.10. The quantitative estimate of drug-likeness (QED) is 0.841. The molecule has 0 aliphatic carbocycles. The Morgan fingerprint density at radius 1 is 1.25 bits per heavy atom. The van der Waals surface area contributed by atoms with Crippen LogP contribution in [0.3, 0.4) is 0 Å².